The van der Waals surface area contributed by atoms with Gasteiger partial charge in [0.2, 0.25) is 0 Å². The summed E-state index contributed by atoms with van der Waals surface area (Å²) in [7, 11) is -5.69. The molecule has 24 nitrogen and oxygen atoms in total. The van der Waals surface area contributed by atoms with Crippen LogP contribution in [0.2, 0.25) is 0 Å². The average molecular weight is 1460 g/mol. The molecule has 0 aromatic heterocycles. The Labute approximate surface area is 600 Å². The molecule has 0 aromatic carbocycles. The lowest BCUT2D eigenvalue weighted by Crippen LogP contribution is -2.69. The van der Waals surface area contributed by atoms with Crippen molar-refractivity contribution >= 4 is 25.7 Å². The highest BCUT2D eigenvalue weighted by Crippen LogP contribution is 2.49. The van der Waals surface area contributed by atoms with E-state index < -0.39 is 156 Å². The van der Waals surface area contributed by atoms with Crippen molar-refractivity contribution in [2.24, 2.45) is 0 Å². The molecule has 2 saturated heterocycles. The molecule has 1 aliphatic carbocycles. The molecular formula is C75H141O24P. The van der Waals surface area contributed by atoms with Gasteiger partial charge in [-0.15, -0.1) is 0 Å². The fourth-order valence-corrected chi connectivity index (χ4v) is 14.4. The molecule has 0 amide bonds. The number of ether oxygens (including phenoxy) is 7. The fraction of sp³-hybridized carbons (Fsp3) is 0.960. The summed E-state index contributed by atoms with van der Waals surface area (Å²) in [6.45, 7) is 3.50. The van der Waals surface area contributed by atoms with Gasteiger partial charge < -0.3 is 89.1 Å². The highest BCUT2D eigenvalue weighted by atomic mass is 31.2. The van der Waals surface area contributed by atoms with Crippen molar-refractivity contribution in [2.75, 3.05) is 26.4 Å². The van der Waals surface area contributed by atoms with Crippen molar-refractivity contribution in [1.82, 2.24) is 0 Å². The zero-order chi connectivity index (χ0) is 73.2. The van der Waals surface area contributed by atoms with Crippen LogP contribution in [0.25, 0.3) is 0 Å². The number of hydrogen-bond donors (Lipinski definition) is 11. The van der Waals surface area contributed by atoms with Gasteiger partial charge in [0, 0.05) is 19.3 Å². The number of phosphoric ester groups is 1. The van der Waals surface area contributed by atoms with Crippen molar-refractivity contribution in [1.29, 1.82) is 0 Å². The third-order valence-corrected chi connectivity index (χ3v) is 20.9. The maximum absolute atomic E-state index is 14.4. The Morgan fingerprint density at radius 1 is 0.350 bits per heavy atom. The summed E-state index contributed by atoms with van der Waals surface area (Å²) in [4.78, 5) is 51.1. The third kappa shape index (κ3) is 39.5. The number of unbranched alkanes of at least 4 members (excludes halogenated alkanes) is 42. The molecule has 0 radical (unpaired) electrons. The topological polar surface area (TPSA) is 374 Å². The highest BCUT2D eigenvalue weighted by molar-refractivity contribution is 7.47. The van der Waals surface area contributed by atoms with Gasteiger partial charge in [0.05, 0.1) is 13.2 Å². The van der Waals surface area contributed by atoms with E-state index in [2.05, 4.69) is 20.8 Å². The molecular weight excluding hydrogens is 1320 g/mol. The lowest BCUT2D eigenvalue weighted by Gasteiger charge is -2.49. The zero-order valence-corrected chi connectivity index (χ0v) is 62.7. The lowest BCUT2D eigenvalue weighted by molar-refractivity contribution is -0.360. The molecule has 11 N–H and O–H groups in total. The van der Waals surface area contributed by atoms with Crippen molar-refractivity contribution in [2.45, 2.75) is 433 Å². The molecule has 3 fully saturated rings. The normalized spacial score (nSPS) is 27.3. The molecule has 590 valence electrons. The summed E-state index contributed by atoms with van der Waals surface area (Å²) in [6.07, 6.45) is 15.8. The predicted octanol–water partition coefficient (Wildman–Crippen LogP) is 11.7. The van der Waals surface area contributed by atoms with Crippen molar-refractivity contribution in [3.8, 4) is 0 Å². The van der Waals surface area contributed by atoms with Crippen LogP contribution in [0.1, 0.15) is 329 Å². The van der Waals surface area contributed by atoms with E-state index in [-0.39, 0.29) is 19.3 Å². The Balaban J connectivity index is 1.71. The number of hydrogen-bond acceptors (Lipinski definition) is 23. The molecule has 0 bridgehead atoms. The monoisotopic (exact) mass is 1460 g/mol. The molecule has 0 aromatic rings. The van der Waals surface area contributed by atoms with Crippen LogP contribution in [0.4, 0.5) is 0 Å². The zero-order valence-electron chi connectivity index (χ0n) is 61.8. The standard InChI is InChI=1S/C75H141O24P/c1-4-7-10-13-16-19-22-25-27-28-30-32-35-37-40-43-46-49-59(77)91-53-56(94-61(79)51-48-45-42-39-36-33-29-26-23-20-17-14-11-8-5-2)54-93-100(89,90)99-73-71(97-74-69(87)64(82)62(80)57(52-76)95-74)67(85)66(84)68(86)72(73)98-75-70(88)65(83)63(81)58(96-75)55-92-60(78)50-47-44-41-38-34-31-24-21-18-15-12-9-6-3/h56-58,62-76,80-88H,4-55H2,1-3H3,(H,89,90). The van der Waals surface area contributed by atoms with E-state index in [1.54, 1.807) is 0 Å². The van der Waals surface area contributed by atoms with Gasteiger partial charge in [-0.3, -0.25) is 23.4 Å². The number of phosphoric acid groups is 1. The van der Waals surface area contributed by atoms with E-state index in [0.717, 1.165) is 89.9 Å². The Morgan fingerprint density at radius 2 is 0.640 bits per heavy atom. The molecule has 18 unspecified atom stereocenters. The molecule has 2 aliphatic heterocycles. The highest BCUT2D eigenvalue weighted by Gasteiger charge is 2.58. The Hall–Kier alpha value is -2.04. The van der Waals surface area contributed by atoms with Crippen LogP contribution in [0, 0.1) is 0 Å². The summed E-state index contributed by atoms with van der Waals surface area (Å²) < 4.78 is 65.2. The molecule has 25 heteroatoms. The van der Waals surface area contributed by atoms with Crippen LogP contribution in [0.15, 0.2) is 0 Å². The summed E-state index contributed by atoms with van der Waals surface area (Å²) in [6, 6.07) is 0. The van der Waals surface area contributed by atoms with E-state index in [9.17, 15) is 74.9 Å². The number of carbonyl (C=O) groups excluding carboxylic acids is 3. The van der Waals surface area contributed by atoms with Crippen LogP contribution in [0.5, 0.6) is 0 Å². The predicted molar refractivity (Wildman–Crippen MR) is 379 cm³/mol. The first kappa shape index (κ1) is 92.2. The maximum Gasteiger partial charge on any atom is 0.472 e. The number of aliphatic hydroxyl groups excluding tert-OH is 10. The fourth-order valence-electron chi connectivity index (χ4n) is 13.4. The molecule has 18 atom stereocenters. The van der Waals surface area contributed by atoms with Gasteiger partial charge >= 0.3 is 25.7 Å². The van der Waals surface area contributed by atoms with Gasteiger partial charge in [0.15, 0.2) is 18.7 Å². The first-order valence-electron chi connectivity index (χ1n) is 39.8. The van der Waals surface area contributed by atoms with Crippen LogP contribution in [-0.2, 0) is 61.2 Å². The van der Waals surface area contributed by atoms with Gasteiger partial charge in [0.1, 0.15) is 98.7 Å². The van der Waals surface area contributed by atoms with E-state index in [1.807, 2.05) is 0 Å². The van der Waals surface area contributed by atoms with E-state index in [0.29, 0.717) is 19.3 Å². The van der Waals surface area contributed by atoms with Gasteiger partial charge in [-0.05, 0) is 19.3 Å². The first-order chi connectivity index (χ1) is 48.3. The molecule has 100 heavy (non-hydrogen) atoms. The lowest BCUT2D eigenvalue weighted by atomic mass is 9.84. The van der Waals surface area contributed by atoms with Crippen molar-refractivity contribution in [3.63, 3.8) is 0 Å². The smallest absolute Gasteiger partial charge is 0.463 e. The molecule has 2 heterocycles. The average Bonchev–Trinajstić information content (AvgIpc) is 0.762. The summed E-state index contributed by atoms with van der Waals surface area (Å²) in [5.74, 6) is -1.97. The van der Waals surface area contributed by atoms with Gasteiger partial charge in [-0.1, -0.05) is 290 Å². The van der Waals surface area contributed by atoms with Crippen LogP contribution >= 0.6 is 7.82 Å². The minimum atomic E-state index is -5.69. The molecule has 3 aliphatic rings. The Bertz CT molecular complexity index is 2060. The largest absolute Gasteiger partial charge is 0.472 e. The van der Waals surface area contributed by atoms with Crippen LogP contribution in [-0.4, -0.2) is 204 Å². The van der Waals surface area contributed by atoms with Gasteiger partial charge in [-0.25, -0.2) is 4.57 Å². The van der Waals surface area contributed by atoms with Gasteiger partial charge in [-0.2, -0.15) is 0 Å². The molecule has 1 saturated carbocycles. The Kier molecular flexibility index (Phi) is 52.7. The van der Waals surface area contributed by atoms with E-state index >= 15 is 0 Å². The number of carbonyl (C=O) groups is 3. The van der Waals surface area contributed by atoms with Crippen LogP contribution in [0.3, 0.4) is 0 Å². The summed E-state index contributed by atoms with van der Waals surface area (Å²) in [5, 5.41) is 110. The molecule has 3 rings (SSSR count). The SMILES string of the molecule is CCCCCCCCCCCCCCCCCCCC(=O)OCC(COP(=O)(O)OC1C(OC2OC(CO)C(O)C(O)C2O)C(O)C(O)C(O)C1OC1OC(COC(=O)CCCCCCCCCCCCCCC)C(O)C(O)C1O)OC(=O)CCCCCCCCCCCCCCCCC. The summed E-state index contributed by atoms with van der Waals surface area (Å²) >= 11 is 0. The minimum absolute atomic E-state index is 0.0327. The Morgan fingerprint density at radius 3 is 0.980 bits per heavy atom. The second kappa shape index (κ2) is 57.2. The quantitative estimate of drug-likeness (QED) is 0.0117. The second-order valence-corrected chi connectivity index (χ2v) is 30.2. The summed E-state index contributed by atoms with van der Waals surface area (Å²) in [5.41, 5.74) is 0. The molecule has 0 spiro atoms. The number of esters is 3. The minimum Gasteiger partial charge on any atom is -0.463 e. The van der Waals surface area contributed by atoms with Crippen molar-refractivity contribution in [3.05, 3.63) is 0 Å². The third-order valence-electron chi connectivity index (χ3n) is 19.9. The first-order valence-corrected chi connectivity index (χ1v) is 41.3. The van der Waals surface area contributed by atoms with Gasteiger partial charge in [0.25, 0.3) is 0 Å². The number of aliphatic hydroxyl groups is 10. The van der Waals surface area contributed by atoms with Crippen molar-refractivity contribution < 1.29 is 117 Å². The van der Waals surface area contributed by atoms with E-state index in [1.165, 1.54) is 180 Å². The number of rotatable bonds is 63. The van der Waals surface area contributed by atoms with Crippen LogP contribution < -0.4 is 0 Å². The van der Waals surface area contributed by atoms with E-state index in [4.69, 9.17) is 42.2 Å². The second-order valence-electron chi connectivity index (χ2n) is 28.8. The maximum atomic E-state index is 14.4.